The number of amides is 1. The van der Waals surface area contributed by atoms with E-state index < -0.39 is 0 Å². The van der Waals surface area contributed by atoms with Crippen molar-refractivity contribution in [3.8, 4) is 0 Å². The summed E-state index contributed by atoms with van der Waals surface area (Å²) < 4.78 is 0. The predicted molar refractivity (Wildman–Crippen MR) is 63.9 cm³/mol. The van der Waals surface area contributed by atoms with E-state index in [-0.39, 0.29) is 11.8 Å². The van der Waals surface area contributed by atoms with Crippen molar-refractivity contribution in [2.24, 2.45) is 5.92 Å². The van der Waals surface area contributed by atoms with Crippen LogP contribution in [0.2, 0.25) is 0 Å². The second kappa shape index (κ2) is 5.54. The van der Waals surface area contributed by atoms with Crippen LogP contribution in [0.1, 0.15) is 32.3 Å². The van der Waals surface area contributed by atoms with Gasteiger partial charge in [0.2, 0.25) is 5.91 Å². The van der Waals surface area contributed by atoms with E-state index in [2.05, 4.69) is 12.2 Å². The fourth-order valence-corrected chi connectivity index (χ4v) is 1.55. The van der Waals surface area contributed by atoms with Crippen LogP contribution in [0.4, 0.5) is 5.69 Å². The lowest BCUT2D eigenvalue weighted by atomic mass is 10.1. The monoisotopic (exact) mass is 205 g/mol. The van der Waals surface area contributed by atoms with Crippen LogP contribution in [0.5, 0.6) is 0 Å². The lowest BCUT2D eigenvalue weighted by Gasteiger charge is -2.11. The van der Waals surface area contributed by atoms with Gasteiger partial charge >= 0.3 is 0 Å². The average Bonchev–Trinajstić information content (AvgIpc) is 2.18. The quantitative estimate of drug-likeness (QED) is 0.802. The van der Waals surface area contributed by atoms with E-state index >= 15 is 0 Å². The maximum absolute atomic E-state index is 11.7. The number of aryl methyl sites for hydroxylation is 1. The molecule has 15 heavy (non-hydrogen) atoms. The van der Waals surface area contributed by atoms with E-state index in [0.717, 1.165) is 24.1 Å². The van der Waals surface area contributed by atoms with Gasteiger partial charge in [-0.05, 0) is 31.0 Å². The molecule has 1 atom stereocenters. The highest BCUT2D eigenvalue weighted by atomic mass is 16.1. The molecule has 0 spiro atoms. The maximum Gasteiger partial charge on any atom is 0.227 e. The Morgan fingerprint density at radius 3 is 2.80 bits per heavy atom. The SMILES string of the molecule is CCCC(C)C(=O)Nc1cccc(C)c1. The third-order valence-electron chi connectivity index (χ3n) is 2.45. The van der Waals surface area contributed by atoms with Crippen molar-refractivity contribution in [1.82, 2.24) is 0 Å². The van der Waals surface area contributed by atoms with Gasteiger partial charge in [0.1, 0.15) is 0 Å². The van der Waals surface area contributed by atoms with Crippen molar-refractivity contribution in [3.05, 3.63) is 29.8 Å². The van der Waals surface area contributed by atoms with Crippen molar-refractivity contribution in [1.29, 1.82) is 0 Å². The minimum atomic E-state index is 0.0931. The van der Waals surface area contributed by atoms with Gasteiger partial charge < -0.3 is 5.32 Å². The Morgan fingerprint density at radius 1 is 1.47 bits per heavy atom. The van der Waals surface area contributed by atoms with Crippen molar-refractivity contribution < 1.29 is 4.79 Å². The number of carbonyl (C=O) groups excluding carboxylic acids is 1. The Balaban J connectivity index is 2.58. The van der Waals surface area contributed by atoms with Gasteiger partial charge in [0, 0.05) is 11.6 Å². The zero-order valence-corrected chi connectivity index (χ0v) is 9.71. The fourth-order valence-electron chi connectivity index (χ4n) is 1.55. The molecular formula is C13H19NO. The molecule has 0 aliphatic carbocycles. The number of anilines is 1. The zero-order valence-electron chi connectivity index (χ0n) is 9.71. The number of hydrogen-bond donors (Lipinski definition) is 1. The van der Waals surface area contributed by atoms with Gasteiger partial charge in [0.05, 0.1) is 0 Å². The van der Waals surface area contributed by atoms with Gasteiger partial charge in [-0.2, -0.15) is 0 Å². The maximum atomic E-state index is 11.7. The molecule has 0 bridgehead atoms. The van der Waals surface area contributed by atoms with E-state index in [4.69, 9.17) is 0 Å². The highest BCUT2D eigenvalue weighted by Crippen LogP contribution is 2.13. The van der Waals surface area contributed by atoms with Crippen LogP contribution in [-0.4, -0.2) is 5.91 Å². The molecule has 0 heterocycles. The van der Waals surface area contributed by atoms with Gasteiger partial charge in [-0.15, -0.1) is 0 Å². The summed E-state index contributed by atoms with van der Waals surface area (Å²) in [4.78, 5) is 11.7. The molecule has 0 aromatic heterocycles. The highest BCUT2D eigenvalue weighted by Gasteiger charge is 2.11. The minimum absolute atomic E-state index is 0.0931. The first-order chi connectivity index (χ1) is 7.13. The van der Waals surface area contributed by atoms with Crippen LogP contribution < -0.4 is 5.32 Å². The van der Waals surface area contributed by atoms with E-state index in [1.165, 1.54) is 0 Å². The van der Waals surface area contributed by atoms with Crippen molar-refractivity contribution in [3.63, 3.8) is 0 Å². The standard InChI is InChI=1S/C13H19NO/c1-4-6-11(3)13(15)14-12-8-5-7-10(2)9-12/h5,7-9,11H,4,6H2,1-3H3,(H,14,15). The summed E-state index contributed by atoms with van der Waals surface area (Å²) in [5.41, 5.74) is 2.05. The fraction of sp³-hybridized carbons (Fsp3) is 0.462. The van der Waals surface area contributed by atoms with Crippen LogP contribution >= 0.6 is 0 Å². The Labute approximate surface area is 91.7 Å². The second-order valence-corrected chi connectivity index (χ2v) is 4.05. The first-order valence-electron chi connectivity index (χ1n) is 5.51. The highest BCUT2D eigenvalue weighted by molar-refractivity contribution is 5.92. The van der Waals surface area contributed by atoms with Gasteiger partial charge in [-0.3, -0.25) is 4.79 Å². The molecule has 1 amide bonds. The number of hydrogen-bond acceptors (Lipinski definition) is 1. The molecule has 0 radical (unpaired) electrons. The van der Waals surface area contributed by atoms with Crippen molar-refractivity contribution in [2.75, 3.05) is 5.32 Å². The molecule has 1 aromatic rings. The summed E-state index contributed by atoms with van der Waals surface area (Å²) in [5, 5.41) is 2.93. The molecule has 0 aliphatic rings. The Bertz CT molecular complexity index is 333. The minimum Gasteiger partial charge on any atom is -0.326 e. The molecule has 1 N–H and O–H groups in total. The number of benzene rings is 1. The molecular weight excluding hydrogens is 186 g/mol. The molecule has 1 rings (SSSR count). The first kappa shape index (κ1) is 11.8. The van der Waals surface area contributed by atoms with Crippen LogP contribution in [0.25, 0.3) is 0 Å². The zero-order chi connectivity index (χ0) is 11.3. The summed E-state index contributed by atoms with van der Waals surface area (Å²) >= 11 is 0. The lowest BCUT2D eigenvalue weighted by Crippen LogP contribution is -2.20. The molecule has 2 nitrogen and oxygen atoms in total. The van der Waals surface area contributed by atoms with Crippen LogP contribution in [0.3, 0.4) is 0 Å². The Kier molecular flexibility index (Phi) is 4.35. The van der Waals surface area contributed by atoms with Crippen molar-refractivity contribution >= 4 is 11.6 Å². The topological polar surface area (TPSA) is 29.1 Å². The molecule has 82 valence electrons. The van der Waals surface area contributed by atoms with Gasteiger partial charge in [-0.25, -0.2) is 0 Å². The second-order valence-electron chi connectivity index (χ2n) is 4.05. The molecule has 0 fully saturated rings. The number of carbonyl (C=O) groups is 1. The third kappa shape index (κ3) is 3.74. The number of nitrogens with one attached hydrogen (secondary N) is 1. The average molecular weight is 205 g/mol. The summed E-state index contributed by atoms with van der Waals surface area (Å²) in [6.07, 6.45) is 1.99. The molecule has 2 heteroatoms. The van der Waals surface area contributed by atoms with E-state index in [9.17, 15) is 4.79 Å². The summed E-state index contributed by atoms with van der Waals surface area (Å²) in [7, 11) is 0. The molecule has 1 unspecified atom stereocenters. The Hall–Kier alpha value is -1.31. The van der Waals surface area contributed by atoms with Crippen LogP contribution in [0, 0.1) is 12.8 Å². The molecule has 0 saturated carbocycles. The normalized spacial score (nSPS) is 12.2. The van der Waals surface area contributed by atoms with Crippen LogP contribution in [-0.2, 0) is 4.79 Å². The molecule has 0 saturated heterocycles. The lowest BCUT2D eigenvalue weighted by molar-refractivity contribution is -0.119. The molecule has 1 aromatic carbocycles. The largest absolute Gasteiger partial charge is 0.326 e. The van der Waals surface area contributed by atoms with Crippen molar-refractivity contribution in [2.45, 2.75) is 33.6 Å². The van der Waals surface area contributed by atoms with Crippen LogP contribution in [0.15, 0.2) is 24.3 Å². The van der Waals surface area contributed by atoms with E-state index in [1.54, 1.807) is 0 Å². The first-order valence-corrected chi connectivity index (χ1v) is 5.51. The summed E-state index contributed by atoms with van der Waals surface area (Å²) in [6, 6.07) is 7.88. The van der Waals surface area contributed by atoms with Gasteiger partial charge in [-0.1, -0.05) is 32.4 Å². The summed E-state index contributed by atoms with van der Waals surface area (Å²) in [5.74, 6) is 0.206. The predicted octanol–water partition coefficient (Wildman–Crippen LogP) is 3.37. The van der Waals surface area contributed by atoms with Gasteiger partial charge in [0.25, 0.3) is 0 Å². The van der Waals surface area contributed by atoms with E-state index in [0.29, 0.717) is 0 Å². The number of rotatable bonds is 4. The Morgan fingerprint density at radius 2 is 2.20 bits per heavy atom. The van der Waals surface area contributed by atoms with E-state index in [1.807, 2.05) is 38.1 Å². The summed E-state index contributed by atoms with van der Waals surface area (Å²) in [6.45, 7) is 6.08. The smallest absolute Gasteiger partial charge is 0.227 e. The third-order valence-corrected chi connectivity index (χ3v) is 2.45. The van der Waals surface area contributed by atoms with Gasteiger partial charge in [0.15, 0.2) is 0 Å². The molecule has 0 aliphatic heterocycles.